The van der Waals surface area contributed by atoms with Crippen molar-refractivity contribution in [2.24, 2.45) is 7.05 Å². The van der Waals surface area contributed by atoms with Gasteiger partial charge in [-0.25, -0.2) is 4.98 Å². The van der Waals surface area contributed by atoms with Gasteiger partial charge in [0, 0.05) is 26.0 Å². The highest BCUT2D eigenvalue weighted by molar-refractivity contribution is 5.91. The zero-order valence-corrected chi connectivity index (χ0v) is 16.9. The van der Waals surface area contributed by atoms with Crippen LogP contribution in [0.15, 0.2) is 73.1 Å². The van der Waals surface area contributed by atoms with Gasteiger partial charge in [-0.05, 0) is 24.0 Å². The van der Waals surface area contributed by atoms with Crippen LogP contribution in [-0.4, -0.2) is 39.6 Å². The quantitative estimate of drug-likeness (QED) is 0.635. The molecule has 1 aromatic heterocycles. The summed E-state index contributed by atoms with van der Waals surface area (Å²) in [5.41, 5.74) is 0.905. The zero-order chi connectivity index (χ0) is 21.0. The van der Waals surface area contributed by atoms with Gasteiger partial charge in [-0.3, -0.25) is 4.79 Å². The Bertz CT molecular complexity index is 1000. The smallest absolute Gasteiger partial charge is 0.290 e. The van der Waals surface area contributed by atoms with E-state index in [1.807, 2.05) is 72.6 Å². The first-order valence-corrected chi connectivity index (χ1v) is 10.1. The van der Waals surface area contributed by atoms with Crippen molar-refractivity contribution in [3.8, 4) is 6.07 Å². The summed E-state index contributed by atoms with van der Waals surface area (Å²) in [6.45, 7) is 0.540. The summed E-state index contributed by atoms with van der Waals surface area (Å²) in [5, 5.41) is 9.36. The molecule has 2 heterocycles. The minimum absolute atomic E-state index is 0.0786. The van der Waals surface area contributed by atoms with E-state index in [2.05, 4.69) is 11.1 Å². The van der Waals surface area contributed by atoms with Gasteiger partial charge in [-0.2, -0.15) is 5.26 Å². The molecule has 1 aliphatic heterocycles. The number of likely N-dealkylation sites (tertiary alicyclic amines) is 1. The summed E-state index contributed by atoms with van der Waals surface area (Å²) in [6, 6.07) is 21.6. The second-order valence-electron chi connectivity index (χ2n) is 7.43. The van der Waals surface area contributed by atoms with Crippen molar-refractivity contribution in [2.45, 2.75) is 24.5 Å². The van der Waals surface area contributed by atoms with Crippen molar-refractivity contribution in [2.75, 3.05) is 13.2 Å². The van der Waals surface area contributed by atoms with Gasteiger partial charge < -0.3 is 14.2 Å². The molecule has 0 N–H and O–H groups in total. The minimum Gasteiger partial charge on any atom is -0.348 e. The number of hydrogen-bond acceptors (Lipinski definition) is 4. The molecule has 1 amide bonds. The normalized spacial score (nSPS) is 16.4. The molecule has 0 saturated carbocycles. The van der Waals surface area contributed by atoms with Crippen LogP contribution >= 0.6 is 0 Å². The number of amides is 1. The van der Waals surface area contributed by atoms with E-state index in [4.69, 9.17) is 4.74 Å². The number of imidazole rings is 1. The Kier molecular flexibility index (Phi) is 5.64. The molecular formula is C24H24N4O2. The maximum Gasteiger partial charge on any atom is 0.290 e. The van der Waals surface area contributed by atoms with Crippen molar-refractivity contribution in [3.63, 3.8) is 0 Å². The summed E-state index contributed by atoms with van der Waals surface area (Å²) < 4.78 is 8.12. The van der Waals surface area contributed by atoms with Crippen molar-refractivity contribution in [1.29, 1.82) is 5.26 Å². The number of aryl methyl sites for hydroxylation is 1. The van der Waals surface area contributed by atoms with Crippen LogP contribution in [0.4, 0.5) is 0 Å². The van der Waals surface area contributed by atoms with Crippen molar-refractivity contribution >= 4 is 5.91 Å². The van der Waals surface area contributed by atoms with Crippen LogP contribution in [0.3, 0.4) is 0 Å². The molecule has 1 saturated heterocycles. The molecule has 4 rings (SSSR count). The third-order valence-corrected chi connectivity index (χ3v) is 5.77. The lowest BCUT2D eigenvalue weighted by Gasteiger charge is -2.43. The van der Waals surface area contributed by atoms with Crippen LogP contribution in [0.25, 0.3) is 0 Å². The Labute approximate surface area is 176 Å². The highest BCUT2D eigenvalue weighted by atomic mass is 16.5. The maximum absolute atomic E-state index is 13.4. The van der Waals surface area contributed by atoms with Crippen molar-refractivity contribution in [3.05, 3.63) is 90.0 Å². The van der Waals surface area contributed by atoms with Gasteiger partial charge in [-0.15, -0.1) is 0 Å². The Hall–Kier alpha value is -3.43. The number of carbonyl (C=O) groups is 1. The highest BCUT2D eigenvalue weighted by Gasteiger charge is 2.50. The Balaban J connectivity index is 1.87. The second kappa shape index (κ2) is 8.52. The summed E-state index contributed by atoms with van der Waals surface area (Å²) in [4.78, 5) is 19.6. The van der Waals surface area contributed by atoms with Gasteiger partial charge in [0.1, 0.15) is 12.2 Å². The van der Waals surface area contributed by atoms with Crippen LogP contribution in [0.1, 0.15) is 34.6 Å². The number of benzene rings is 2. The van der Waals surface area contributed by atoms with Gasteiger partial charge in [-0.1, -0.05) is 60.7 Å². The first-order chi connectivity index (χ1) is 14.7. The lowest BCUT2D eigenvalue weighted by atomic mass is 9.78. The monoisotopic (exact) mass is 400 g/mol. The van der Waals surface area contributed by atoms with Crippen LogP contribution in [0.5, 0.6) is 0 Å². The van der Waals surface area contributed by atoms with Gasteiger partial charge >= 0.3 is 0 Å². The molecule has 0 radical (unpaired) electrons. The topological polar surface area (TPSA) is 71.2 Å². The van der Waals surface area contributed by atoms with Crippen LogP contribution in [-0.2, 0) is 17.4 Å². The van der Waals surface area contributed by atoms with E-state index in [9.17, 15) is 10.1 Å². The fourth-order valence-electron chi connectivity index (χ4n) is 4.46. The molecule has 1 atom stereocenters. The average Bonchev–Trinajstić information content (AvgIpc) is 3.45. The van der Waals surface area contributed by atoms with Crippen LogP contribution < -0.4 is 0 Å². The van der Waals surface area contributed by atoms with E-state index in [-0.39, 0.29) is 18.6 Å². The molecule has 1 aliphatic rings. The molecule has 0 aliphatic carbocycles. The molecule has 0 unspecified atom stereocenters. The third kappa shape index (κ3) is 3.38. The summed E-state index contributed by atoms with van der Waals surface area (Å²) in [7, 11) is 1.82. The predicted octanol–water partition coefficient (Wildman–Crippen LogP) is 3.51. The van der Waals surface area contributed by atoms with Crippen LogP contribution in [0, 0.1) is 11.3 Å². The minimum atomic E-state index is -0.949. The summed E-state index contributed by atoms with van der Waals surface area (Å²) >= 11 is 0. The average molecular weight is 400 g/mol. The number of aromatic nitrogens is 2. The largest absolute Gasteiger partial charge is 0.348 e. The number of hydrogen-bond donors (Lipinski definition) is 0. The van der Waals surface area contributed by atoms with E-state index in [1.165, 1.54) is 0 Å². The lowest BCUT2D eigenvalue weighted by molar-refractivity contribution is -0.0514. The Morgan fingerprint density at radius 2 is 1.80 bits per heavy atom. The van der Waals surface area contributed by atoms with Gasteiger partial charge in [0.15, 0.2) is 5.82 Å². The van der Waals surface area contributed by atoms with Gasteiger partial charge in [0.05, 0.1) is 12.1 Å². The molecule has 6 heteroatoms. The Morgan fingerprint density at radius 1 is 1.17 bits per heavy atom. The number of rotatable bonds is 6. The van der Waals surface area contributed by atoms with E-state index in [0.717, 1.165) is 24.0 Å². The molecule has 1 fully saturated rings. The molecule has 0 bridgehead atoms. The highest BCUT2D eigenvalue weighted by Crippen LogP contribution is 2.43. The SMILES string of the molecule is Cn1ccnc1C(=O)N1CCC[C@H]1C(OCC#N)(c1ccccc1)c1ccccc1. The zero-order valence-electron chi connectivity index (χ0n) is 16.9. The fourth-order valence-corrected chi connectivity index (χ4v) is 4.46. The summed E-state index contributed by atoms with van der Waals surface area (Å²) in [6.07, 6.45) is 5.03. The fraction of sp³-hybridized carbons (Fsp3) is 0.292. The van der Waals surface area contributed by atoms with Crippen molar-refractivity contribution < 1.29 is 9.53 Å². The molecule has 0 spiro atoms. The van der Waals surface area contributed by atoms with E-state index >= 15 is 0 Å². The predicted molar refractivity (Wildman–Crippen MR) is 112 cm³/mol. The number of ether oxygens (including phenoxy) is 1. The molecule has 30 heavy (non-hydrogen) atoms. The molecule has 2 aromatic carbocycles. The van der Waals surface area contributed by atoms with E-state index < -0.39 is 5.60 Å². The Morgan fingerprint density at radius 3 is 2.33 bits per heavy atom. The molecule has 152 valence electrons. The van der Waals surface area contributed by atoms with E-state index in [1.54, 1.807) is 17.0 Å². The number of carbonyl (C=O) groups excluding carboxylic acids is 1. The molecule has 6 nitrogen and oxygen atoms in total. The first-order valence-electron chi connectivity index (χ1n) is 10.1. The number of nitrogens with zero attached hydrogens (tertiary/aromatic N) is 4. The standard InChI is InChI=1S/C24H24N4O2/c1-27-17-15-26-22(27)23(29)28-16-8-13-21(28)24(30-18-14-25,19-9-4-2-5-10-19)20-11-6-3-7-12-20/h2-7,9-12,15,17,21H,8,13,16,18H2,1H3/t21-/m0/s1. The molecule has 3 aromatic rings. The maximum atomic E-state index is 13.4. The van der Waals surface area contributed by atoms with Gasteiger partial charge in [0.25, 0.3) is 5.91 Å². The molecular weight excluding hydrogens is 376 g/mol. The first kappa shape index (κ1) is 19.9. The van der Waals surface area contributed by atoms with Crippen molar-refractivity contribution in [1.82, 2.24) is 14.5 Å². The van der Waals surface area contributed by atoms with Gasteiger partial charge in [0.2, 0.25) is 0 Å². The van der Waals surface area contributed by atoms with E-state index in [0.29, 0.717) is 12.4 Å². The third-order valence-electron chi connectivity index (χ3n) is 5.77. The number of nitriles is 1. The van der Waals surface area contributed by atoms with Crippen LogP contribution in [0.2, 0.25) is 0 Å². The second-order valence-corrected chi connectivity index (χ2v) is 7.43. The summed E-state index contributed by atoms with van der Waals surface area (Å²) in [5.74, 6) is 0.277. The lowest BCUT2D eigenvalue weighted by Crippen LogP contribution is -2.52.